The highest BCUT2D eigenvalue weighted by molar-refractivity contribution is 5.29. The second-order valence-corrected chi connectivity index (χ2v) is 2.58. The Kier molecular flexibility index (Phi) is 2.64. The Labute approximate surface area is 80.2 Å². The molecule has 1 aromatic carbocycles. The molecule has 0 heterocycles. The first-order chi connectivity index (χ1) is 6.81. The number of nitrogens with zero attached hydrogens (tertiary/aromatic N) is 1. The van der Waals surface area contributed by atoms with E-state index in [-0.39, 0.29) is 6.07 Å². The summed E-state index contributed by atoms with van der Waals surface area (Å²) in [6, 6.07) is 0.437. The van der Waals surface area contributed by atoms with Crippen molar-refractivity contribution in [2.24, 2.45) is 0 Å². The molecule has 1 unspecified atom stereocenters. The van der Waals surface area contributed by atoms with Crippen molar-refractivity contribution in [2.75, 3.05) is 0 Å². The molecule has 0 radical (unpaired) electrons. The van der Waals surface area contributed by atoms with Crippen molar-refractivity contribution < 1.29 is 27.1 Å². The number of aliphatic hydroxyl groups is 1. The van der Waals surface area contributed by atoms with E-state index in [1.54, 1.807) is 0 Å². The summed E-state index contributed by atoms with van der Waals surface area (Å²) in [7, 11) is 0. The molecule has 0 amide bonds. The average molecular weight is 223 g/mol. The van der Waals surface area contributed by atoms with Gasteiger partial charge in [-0.15, -0.1) is 0 Å². The van der Waals surface area contributed by atoms with E-state index in [4.69, 9.17) is 10.4 Å². The molecule has 0 saturated heterocycles. The normalized spacial score (nSPS) is 14.5. The molecule has 1 N–H and O–H groups in total. The summed E-state index contributed by atoms with van der Waals surface area (Å²) in [4.78, 5) is 0. The maximum Gasteiger partial charge on any atom is 0.324 e. The molecule has 7 heteroatoms. The summed E-state index contributed by atoms with van der Waals surface area (Å²) in [5.74, 6) is -12.4. The lowest BCUT2D eigenvalue weighted by molar-refractivity contribution is -0.0425. The number of hydrogen-bond donors (Lipinski definition) is 1. The summed E-state index contributed by atoms with van der Waals surface area (Å²) in [6.07, 6.45) is 0. The molecule has 1 atom stereocenters. The van der Waals surface area contributed by atoms with E-state index < -0.39 is 34.7 Å². The van der Waals surface area contributed by atoms with Crippen LogP contribution in [0.1, 0.15) is 5.56 Å². The van der Waals surface area contributed by atoms with Crippen molar-refractivity contribution in [1.82, 2.24) is 0 Å². The second-order valence-electron chi connectivity index (χ2n) is 2.58. The first-order valence-electron chi connectivity index (χ1n) is 3.47. The predicted octanol–water partition coefficient (Wildman–Crippen LogP) is 1.88. The summed E-state index contributed by atoms with van der Waals surface area (Å²) >= 11 is 0. The third-order valence-corrected chi connectivity index (χ3v) is 1.61. The molecule has 0 bridgehead atoms. The molecule has 1 aromatic rings. The zero-order chi connectivity index (χ0) is 11.8. The number of halogens is 5. The van der Waals surface area contributed by atoms with Crippen molar-refractivity contribution in [1.29, 1.82) is 5.26 Å². The topological polar surface area (TPSA) is 44.0 Å². The van der Waals surface area contributed by atoms with Gasteiger partial charge < -0.3 is 5.11 Å². The minimum absolute atomic E-state index is 0.128. The van der Waals surface area contributed by atoms with Crippen LogP contribution in [0.4, 0.5) is 22.0 Å². The smallest absolute Gasteiger partial charge is 0.324 e. The van der Waals surface area contributed by atoms with Gasteiger partial charge in [-0.25, -0.2) is 17.6 Å². The van der Waals surface area contributed by atoms with Gasteiger partial charge in [-0.3, -0.25) is 0 Å². The van der Waals surface area contributed by atoms with Crippen molar-refractivity contribution in [3.05, 3.63) is 34.9 Å². The van der Waals surface area contributed by atoms with Gasteiger partial charge in [-0.05, 0) is 6.07 Å². The van der Waals surface area contributed by atoms with E-state index >= 15 is 0 Å². The highest BCUT2D eigenvalue weighted by atomic mass is 19.2. The van der Waals surface area contributed by atoms with E-state index in [9.17, 15) is 22.0 Å². The minimum Gasteiger partial charge on any atom is -0.347 e. The quantitative estimate of drug-likeness (QED) is 0.342. The number of alkyl halides is 1. The van der Waals surface area contributed by atoms with E-state index in [0.29, 0.717) is 6.07 Å². The van der Waals surface area contributed by atoms with E-state index in [1.807, 2.05) is 0 Å². The molecule has 15 heavy (non-hydrogen) atoms. The Morgan fingerprint density at radius 3 is 2.13 bits per heavy atom. The van der Waals surface area contributed by atoms with Crippen LogP contribution in [-0.4, -0.2) is 5.11 Å². The van der Waals surface area contributed by atoms with Gasteiger partial charge in [0.25, 0.3) is 0 Å². The number of nitriles is 1. The van der Waals surface area contributed by atoms with Crippen molar-refractivity contribution in [2.45, 2.75) is 5.85 Å². The van der Waals surface area contributed by atoms with Gasteiger partial charge in [0, 0.05) is 0 Å². The standard InChI is InChI=1S/C8H2F5NO/c9-4-1-3(8(13,15)2-14)5(10)7(12)6(4)11/h1,15H. The largest absolute Gasteiger partial charge is 0.347 e. The third-order valence-electron chi connectivity index (χ3n) is 1.61. The zero-order valence-corrected chi connectivity index (χ0v) is 6.86. The fraction of sp³-hybridized carbons (Fsp3) is 0.125. The molecule has 0 spiro atoms. The number of rotatable bonds is 1. The summed E-state index contributed by atoms with van der Waals surface area (Å²) in [6.45, 7) is 0. The maximum absolute atomic E-state index is 12.8. The highest BCUT2D eigenvalue weighted by Crippen LogP contribution is 2.28. The molecule has 0 aromatic heterocycles. The highest BCUT2D eigenvalue weighted by Gasteiger charge is 2.35. The van der Waals surface area contributed by atoms with Crippen LogP contribution in [0.15, 0.2) is 6.07 Å². The summed E-state index contributed by atoms with van der Waals surface area (Å²) < 4.78 is 63.0. The molecule has 0 fully saturated rings. The van der Waals surface area contributed by atoms with Crippen LogP contribution in [0.5, 0.6) is 0 Å². The van der Waals surface area contributed by atoms with Crippen molar-refractivity contribution in [3.63, 3.8) is 0 Å². The van der Waals surface area contributed by atoms with Crippen molar-refractivity contribution >= 4 is 0 Å². The Hall–Kier alpha value is -1.68. The lowest BCUT2D eigenvalue weighted by Gasteiger charge is -2.12. The van der Waals surface area contributed by atoms with Gasteiger partial charge in [0.05, 0.1) is 5.56 Å². The molecule has 0 aliphatic rings. The second kappa shape index (κ2) is 3.47. The van der Waals surface area contributed by atoms with Gasteiger partial charge in [-0.2, -0.15) is 9.65 Å². The van der Waals surface area contributed by atoms with E-state index in [1.165, 1.54) is 0 Å². The first kappa shape index (κ1) is 11.4. The Balaban J connectivity index is 3.54. The first-order valence-corrected chi connectivity index (χ1v) is 3.47. The minimum atomic E-state index is -3.92. The summed E-state index contributed by atoms with van der Waals surface area (Å²) in [5.41, 5.74) is -1.61. The molecule has 0 aliphatic carbocycles. The molecule has 80 valence electrons. The molecule has 0 saturated carbocycles. The van der Waals surface area contributed by atoms with Crippen LogP contribution in [0.3, 0.4) is 0 Å². The molecular formula is C8H2F5NO. The van der Waals surface area contributed by atoms with E-state index in [2.05, 4.69) is 0 Å². The average Bonchev–Trinajstić information content (AvgIpc) is 2.20. The number of hydrogen-bond acceptors (Lipinski definition) is 2. The SMILES string of the molecule is N#CC(O)(F)c1cc(F)c(F)c(F)c1F. The lowest BCUT2D eigenvalue weighted by atomic mass is 10.1. The maximum atomic E-state index is 12.8. The predicted molar refractivity (Wildman–Crippen MR) is 36.9 cm³/mol. The van der Waals surface area contributed by atoms with Crippen LogP contribution in [0.2, 0.25) is 0 Å². The molecule has 1 rings (SSSR count). The zero-order valence-electron chi connectivity index (χ0n) is 6.86. The van der Waals surface area contributed by atoms with Gasteiger partial charge >= 0.3 is 5.85 Å². The van der Waals surface area contributed by atoms with Gasteiger partial charge in [-0.1, -0.05) is 0 Å². The van der Waals surface area contributed by atoms with Gasteiger partial charge in [0.15, 0.2) is 23.3 Å². The van der Waals surface area contributed by atoms with Crippen LogP contribution in [0, 0.1) is 34.6 Å². The fourth-order valence-corrected chi connectivity index (χ4v) is 0.874. The van der Waals surface area contributed by atoms with Gasteiger partial charge in [0.2, 0.25) is 0 Å². The third kappa shape index (κ3) is 1.76. The van der Waals surface area contributed by atoms with E-state index in [0.717, 1.165) is 0 Å². The molecule has 2 nitrogen and oxygen atoms in total. The van der Waals surface area contributed by atoms with Crippen LogP contribution in [-0.2, 0) is 5.85 Å². The Bertz CT molecular complexity index is 451. The fourth-order valence-electron chi connectivity index (χ4n) is 0.874. The summed E-state index contributed by atoms with van der Waals surface area (Å²) in [5, 5.41) is 16.6. The van der Waals surface area contributed by atoms with Gasteiger partial charge in [0.1, 0.15) is 6.07 Å². The molecule has 0 aliphatic heterocycles. The number of benzene rings is 1. The lowest BCUT2D eigenvalue weighted by Crippen LogP contribution is -2.20. The van der Waals surface area contributed by atoms with Crippen molar-refractivity contribution in [3.8, 4) is 6.07 Å². The van der Waals surface area contributed by atoms with Crippen LogP contribution in [0.25, 0.3) is 0 Å². The monoisotopic (exact) mass is 223 g/mol. The Morgan fingerprint density at radius 2 is 1.67 bits per heavy atom. The molecular weight excluding hydrogens is 221 g/mol. The van der Waals surface area contributed by atoms with Crippen LogP contribution >= 0.6 is 0 Å². The Morgan fingerprint density at radius 1 is 1.13 bits per heavy atom. The van der Waals surface area contributed by atoms with Crippen LogP contribution < -0.4 is 0 Å².